The third-order valence-electron chi connectivity index (χ3n) is 4.28. The van der Waals surface area contributed by atoms with Gasteiger partial charge in [-0.25, -0.2) is 9.59 Å². The lowest BCUT2D eigenvalue weighted by molar-refractivity contribution is 0.00686. The zero-order chi connectivity index (χ0) is 23.0. The highest BCUT2D eigenvalue weighted by atomic mass is 16.6. The second-order valence-electron chi connectivity index (χ2n) is 9.18. The molecule has 7 heteroatoms. The van der Waals surface area contributed by atoms with Crippen LogP contribution in [0.3, 0.4) is 0 Å². The number of carbonyl (C=O) groups excluding carboxylic acids is 3. The second kappa shape index (κ2) is 7.98. The van der Waals surface area contributed by atoms with Crippen LogP contribution in [0.1, 0.15) is 62.4 Å². The van der Waals surface area contributed by atoms with Gasteiger partial charge in [-0.3, -0.25) is 14.3 Å². The van der Waals surface area contributed by atoms with Gasteiger partial charge in [0.2, 0.25) is 0 Å². The maximum Gasteiger partial charge on any atom is 0.418 e. The number of aldehydes is 1. The summed E-state index contributed by atoms with van der Waals surface area (Å²) < 4.78 is 12.3. The van der Waals surface area contributed by atoms with Crippen molar-refractivity contribution < 1.29 is 23.9 Å². The lowest BCUT2D eigenvalue weighted by atomic mass is 9.99. The van der Waals surface area contributed by atoms with Crippen molar-refractivity contribution in [1.82, 2.24) is 9.55 Å². The Labute approximate surface area is 181 Å². The van der Waals surface area contributed by atoms with Crippen molar-refractivity contribution in [2.75, 3.05) is 0 Å². The minimum atomic E-state index is -0.661. The van der Waals surface area contributed by atoms with E-state index in [1.54, 1.807) is 72.0 Å². The predicted octanol–water partition coefficient (Wildman–Crippen LogP) is 5.25. The van der Waals surface area contributed by atoms with Gasteiger partial charge < -0.3 is 9.47 Å². The van der Waals surface area contributed by atoms with Crippen LogP contribution < -0.4 is 0 Å². The number of hydrogen-bond acceptors (Lipinski definition) is 6. The van der Waals surface area contributed by atoms with Crippen LogP contribution in [-0.4, -0.2) is 39.1 Å². The lowest BCUT2D eigenvalue weighted by Gasteiger charge is -2.20. The molecule has 0 saturated carbocycles. The summed E-state index contributed by atoms with van der Waals surface area (Å²) >= 11 is 0. The molecule has 0 aliphatic heterocycles. The quantitative estimate of drug-likeness (QED) is 0.423. The van der Waals surface area contributed by atoms with Crippen molar-refractivity contribution in [1.29, 1.82) is 0 Å². The van der Waals surface area contributed by atoms with Gasteiger partial charge >= 0.3 is 12.1 Å². The van der Waals surface area contributed by atoms with Gasteiger partial charge in [-0.2, -0.15) is 0 Å². The van der Waals surface area contributed by atoms with E-state index in [0.29, 0.717) is 22.9 Å². The molecule has 0 radical (unpaired) electrons. The number of benzene rings is 1. The Morgan fingerprint density at radius 1 is 0.968 bits per heavy atom. The molecule has 0 atom stereocenters. The molecule has 162 valence electrons. The molecule has 3 aromatic rings. The van der Waals surface area contributed by atoms with Gasteiger partial charge in [0.05, 0.1) is 11.1 Å². The van der Waals surface area contributed by atoms with E-state index in [-0.39, 0.29) is 11.3 Å². The second-order valence-corrected chi connectivity index (χ2v) is 9.18. The Bertz CT molecular complexity index is 1160. The zero-order valence-corrected chi connectivity index (χ0v) is 18.6. The Balaban J connectivity index is 2.11. The van der Waals surface area contributed by atoms with E-state index >= 15 is 0 Å². The zero-order valence-electron chi connectivity index (χ0n) is 18.6. The minimum absolute atomic E-state index is 0.185. The molecular weight excluding hydrogens is 396 g/mol. The number of ether oxygens (including phenoxy) is 2. The van der Waals surface area contributed by atoms with Crippen molar-refractivity contribution in [3.8, 4) is 11.1 Å². The van der Waals surface area contributed by atoms with E-state index < -0.39 is 23.3 Å². The van der Waals surface area contributed by atoms with Gasteiger partial charge in [-0.15, -0.1) is 0 Å². The van der Waals surface area contributed by atoms with E-state index in [2.05, 4.69) is 4.98 Å². The average molecular weight is 422 g/mol. The molecule has 0 spiro atoms. The molecule has 1 aromatic carbocycles. The molecule has 0 aliphatic carbocycles. The fraction of sp³-hybridized carbons (Fsp3) is 0.333. The number of carbonyl (C=O) groups is 3. The smallest absolute Gasteiger partial charge is 0.418 e. The first kappa shape index (κ1) is 22.2. The summed E-state index contributed by atoms with van der Waals surface area (Å²) in [4.78, 5) is 40.9. The van der Waals surface area contributed by atoms with Crippen molar-refractivity contribution in [3.05, 3.63) is 54.0 Å². The fourth-order valence-corrected chi connectivity index (χ4v) is 3.11. The van der Waals surface area contributed by atoms with E-state index in [0.717, 1.165) is 5.39 Å². The monoisotopic (exact) mass is 422 g/mol. The molecule has 0 aliphatic rings. The Kier molecular flexibility index (Phi) is 5.72. The molecule has 2 aromatic heterocycles. The Morgan fingerprint density at radius 3 is 2.26 bits per heavy atom. The standard InChI is InChI=1S/C24H26N2O5/c1-23(2,3)30-21(28)15-12-18(19(14-27)25-13-15)16-8-7-9-20-17(16)10-11-26(20)22(29)31-24(4,5)6/h7-14H,1-6H3. The van der Waals surface area contributed by atoms with E-state index in [1.165, 1.54) is 10.8 Å². The number of aromatic nitrogens is 2. The number of fused-ring (bicyclic) bond motifs is 1. The average Bonchev–Trinajstić information content (AvgIpc) is 3.09. The van der Waals surface area contributed by atoms with E-state index in [1.807, 2.05) is 6.07 Å². The third-order valence-corrected chi connectivity index (χ3v) is 4.28. The number of nitrogens with zero attached hydrogens (tertiary/aromatic N) is 2. The van der Waals surface area contributed by atoms with Crippen LogP contribution in [0.25, 0.3) is 22.0 Å². The van der Waals surface area contributed by atoms with Crippen LogP contribution in [0.5, 0.6) is 0 Å². The van der Waals surface area contributed by atoms with Crippen LogP contribution in [0.15, 0.2) is 42.7 Å². The molecule has 2 heterocycles. The van der Waals surface area contributed by atoms with E-state index in [4.69, 9.17) is 9.47 Å². The van der Waals surface area contributed by atoms with Gasteiger partial charge in [0.1, 0.15) is 16.9 Å². The molecule has 0 unspecified atom stereocenters. The van der Waals surface area contributed by atoms with Gasteiger partial charge in [0.15, 0.2) is 6.29 Å². The molecular formula is C24H26N2O5. The van der Waals surface area contributed by atoms with Gasteiger partial charge in [-0.1, -0.05) is 12.1 Å². The van der Waals surface area contributed by atoms with Crippen LogP contribution in [-0.2, 0) is 9.47 Å². The van der Waals surface area contributed by atoms with Crippen molar-refractivity contribution >= 4 is 29.3 Å². The Hall–Kier alpha value is -3.48. The van der Waals surface area contributed by atoms with Crippen molar-refractivity contribution in [2.24, 2.45) is 0 Å². The van der Waals surface area contributed by atoms with Crippen LogP contribution in [0, 0.1) is 0 Å². The topological polar surface area (TPSA) is 87.5 Å². The van der Waals surface area contributed by atoms with Gasteiger partial charge in [0.25, 0.3) is 0 Å². The summed E-state index contributed by atoms with van der Waals surface area (Å²) in [5.74, 6) is -0.530. The molecule has 0 amide bonds. The largest absolute Gasteiger partial charge is 0.456 e. The first-order chi connectivity index (χ1) is 14.4. The molecule has 0 N–H and O–H groups in total. The highest BCUT2D eigenvalue weighted by Gasteiger charge is 2.22. The molecule has 0 saturated heterocycles. The minimum Gasteiger partial charge on any atom is -0.456 e. The van der Waals surface area contributed by atoms with Crippen LogP contribution in [0.4, 0.5) is 4.79 Å². The molecule has 3 rings (SSSR count). The lowest BCUT2D eigenvalue weighted by Crippen LogP contribution is -2.26. The number of rotatable bonds is 3. The number of esters is 1. The van der Waals surface area contributed by atoms with Crippen molar-refractivity contribution in [3.63, 3.8) is 0 Å². The molecule has 31 heavy (non-hydrogen) atoms. The van der Waals surface area contributed by atoms with Crippen molar-refractivity contribution in [2.45, 2.75) is 52.7 Å². The van der Waals surface area contributed by atoms with E-state index in [9.17, 15) is 14.4 Å². The van der Waals surface area contributed by atoms with Gasteiger partial charge in [0, 0.05) is 23.3 Å². The third kappa shape index (κ3) is 4.99. The SMILES string of the molecule is CC(C)(C)OC(=O)c1cnc(C=O)c(-c2cccc3c2ccn3C(=O)OC(C)(C)C)c1. The summed E-state index contributed by atoms with van der Waals surface area (Å²) in [6, 6.07) is 8.72. The number of pyridine rings is 1. The molecule has 7 nitrogen and oxygen atoms in total. The van der Waals surface area contributed by atoms with Crippen LogP contribution >= 0.6 is 0 Å². The summed E-state index contributed by atoms with van der Waals surface area (Å²) in [6.07, 6.45) is 3.08. The fourth-order valence-electron chi connectivity index (χ4n) is 3.11. The summed E-state index contributed by atoms with van der Waals surface area (Å²) in [6.45, 7) is 10.7. The number of hydrogen-bond donors (Lipinski definition) is 0. The van der Waals surface area contributed by atoms with Crippen LogP contribution in [0.2, 0.25) is 0 Å². The molecule has 0 bridgehead atoms. The highest BCUT2D eigenvalue weighted by molar-refractivity contribution is 6.03. The first-order valence-electron chi connectivity index (χ1n) is 9.92. The van der Waals surface area contributed by atoms with Gasteiger partial charge in [-0.05, 0) is 65.3 Å². The normalized spacial score (nSPS) is 11.9. The maximum atomic E-state index is 12.6. The Morgan fingerprint density at radius 2 is 1.65 bits per heavy atom. The summed E-state index contributed by atoms with van der Waals surface area (Å²) in [5.41, 5.74) is 0.883. The summed E-state index contributed by atoms with van der Waals surface area (Å²) in [5, 5.41) is 0.722. The summed E-state index contributed by atoms with van der Waals surface area (Å²) in [7, 11) is 0. The molecule has 0 fully saturated rings. The maximum absolute atomic E-state index is 12.6. The first-order valence-corrected chi connectivity index (χ1v) is 9.92. The highest BCUT2D eigenvalue weighted by Crippen LogP contribution is 2.32. The predicted molar refractivity (Wildman–Crippen MR) is 117 cm³/mol.